The third kappa shape index (κ3) is 9.24. The fourth-order valence-corrected chi connectivity index (χ4v) is 4.51. The van der Waals surface area contributed by atoms with Gasteiger partial charge in [-0.15, -0.1) is 0 Å². The van der Waals surface area contributed by atoms with Gasteiger partial charge in [0.25, 0.3) is 11.8 Å². The Bertz CT molecular complexity index is 1460. The molecule has 0 aliphatic carbocycles. The standard InChI is InChI=1S/C34H37N5O4/c1-2-43-29-17-15-26(16-18-29)22-31(38-32(40)30-10-6-7-20-36-30)33(41)39(21-19-25-8-4-3-5-9-25)34(42)37-24-28-13-11-27(23-35)12-14-28/h3-18,20,31H,2,19,21-24,35H2,1H3,(H,37,42)(H,38,40)/t31-/m1/s1. The number of imide groups is 1. The van der Waals surface area contributed by atoms with Gasteiger partial charge in [-0.05, 0) is 59.9 Å². The molecule has 1 aromatic heterocycles. The molecule has 0 radical (unpaired) electrons. The summed E-state index contributed by atoms with van der Waals surface area (Å²) in [5, 5.41) is 5.70. The Kier molecular flexibility index (Phi) is 11.4. The molecule has 43 heavy (non-hydrogen) atoms. The molecule has 4 rings (SSSR count). The average molecular weight is 580 g/mol. The lowest BCUT2D eigenvalue weighted by molar-refractivity contribution is -0.130. The summed E-state index contributed by atoms with van der Waals surface area (Å²) in [6.07, 6.45) is 2.13. The van der Waals surface area contributed by atoms with Gasteiger partial charge >= 0.3 is 6.03 Å². The van der Waals surface area contributed by atoms with Crippen LogP contribution in [0.3, 0.4) is 0 Å². The molecule has 0 unspecified atom stereocenters. The Morgan fingerprint density at radius 3 is 2.16 bits per heavy atom. The van der Waals surface area contributed by atoms with Crippen molar-refractivity contribution < 1.29 is 19.1 Å². The number of nitrogens with two attached hydrogens (primary N) is 1. The summed E-state index contributed by atoms with van der Waals surface area (Å²) in [6, 6.07) is 27.9. The number of carbonyl (C=O) groups excluding carboxylic acids is 3. The van der Waals surface area contributed by atoms with Crippen molar-refractivity contribution in [2.45, 2.75) is 38.9 Å². The van der Waals surface area contributed by atoms with Crippen molar-refractivity contribution in [3.8, 4) is 5.75 Å². The number of nitrogens with one attached hydrogen (secondary N) is 2. The van der Waals surface area contributed by atoms with Gasteiger partial charge in [-0.1, -0.05) is 72.8 Å². The molecule has 9 nitrogen and oxygen atoms in total. The number of hydrogen-bond acceptors (Lipinski definition) is 6. The van der Waals surface area contributed by atoms with Gasteiger partial charge in [0.15, 0.2) is 0 Å². The minimum atomic E-state index is -1.03. The maximum atomic E-state index is 14.1. The number of aromatic nitrogens is 1. The molecule has 0 fully saturated rings. The van der Waals surface area contributed by atoms with Crippen molar-refractivity contribution in [3.05, 3.63) is 131 Å². The molecule has 0 aliphatic heterocycles. The Balaban J connectivity index is 1.58. The molecule has 222 valence electrons. The Morgan fingerprint density at radius 1 is 0.837 bits per heavy atom. The fourth-order valence-electron chi connectivity index (χ4n) is 4.51. The van der Waals surface area contributed by atoms with E-state index in [9.17, 15) is 14.4 Å². The van der Waals surface area contributed by atoms with Crippen LogP contribution in [-0.2, 0) is 30.7 Å². The molecule has 1 heterocycles. The zero-order chi connectivity index (χ0) is 30.4. The molecule has 3 aromatic carbocycles. The molecule has 4 N–H and O–H groups in total. The molecule has 0 bridgehead atoms. The van der Waals surface area contributed by atoms with Gasteiger partial charge in [0, 0.05) is 32.3 Å². The largest absolute Gasteiger partial charge is 0.494 e. The number of benzene rings is 3. The molecule has 1 atom stereocenters. The second-order valence-corrected chi connectivity index (χ2v) is 9.93. The lowest BCUT2D eigenvalue weighted by Gasteiger charge is -2.27. The van der Waals surface area contributed by atoms with E-state index < -0.39 is 23.9 Å². The van der Waals surface area contributed by atoms with E-state index >= 15 is 0 Å². The lowest BCUT2D eigenvalue weighted by Crippen LogP contribution is -2.54. The number of hydrogen-bond donors (Lipinski definition) is 3. The number of nitrogens with zero attached hydrogens (tertiary/aromatic N) is 2. The van der Waals surface area contributed by atoms with Crippen molar-refractivity contribution >= 4 is 17.8 Å². The number of pyridine rings is 1. The molecule has 0 spiro atoms. The fraction of sp³-hybridized carbons (Fsp3) is 0.235. The van der Waals surface area contributed by atoms with Crippen molar-refractivity contribution in [3.63, 3.8) is 0 Å². The molecule has 0 aliphatic rings. The van der Waals surface area contributed by atoms with Gasteiger partial charge in [-0.2, -0.15) is 0 Å². The van der Waals surface area contributed by atoms with Crippen LogP contribution in [0.5, 0.6) is 5.75 Å². The summed E-state index contributed by atoms with van der Waals surface area (Å²) in [5.41, 5.74) is 9.50. The summed E-state index contributed by atoms with van der Waals surface area (Å²) < 4.78 is 5.54. The third-order valence-corrected chi connectivity index (χ3v) is 6.86. The average Bonchev–Trinajstić information content (AvgIpc) is 3.05. The molecule has 0 saturated heterocycles. The Morgan fingerprint density at radius 2 is 1.51 bits per heavy atom. The lowest BCUT2D eigenvalue weighted by atomic mass is 10.0. The van der Waals surface area contributed by atoms with Crippen molar-refractivity contribution in [2.75, 3.05) is 13.2 Å². The van der Waals surface area contributed by atoms with Crippen LogP contribution in [0, 0.1) is 0 Å². The first-order valence-corrected chi connectivity index (χ1v) is 14.3. The highest BCUT2D eigenvalue weighted by molar-refractivity contribution is 6.01. The Hall–Kier alpha value is -5.02. The summed E-state index contributed by atoms with van der Waals surface area (Å²) in [6.45, 7) is 3.21. The topological polar surface area (TPSA) is 127 Å². The van der Waals surface area contributed by atoms with Gasteiger partial charge in [0.05, 0.1) is 6.61 Å². The number of carbonyl (C=O) groups is 3. The summed E-state index contributed by atoms with van der Waals surface area (Å²) in [4.78, 5) is 46.1. The SMILES string of the molecule is CCOc1ccc(C[C@@H](NC(=O)c2ccccn2)C(=O)N(CCc2ccccc2)C(=O)NCc2ccc(CN)cc2)cc1. The van der Waals surface area contributed by atoms with Crippen LogP contribution >= 0.6 is 0 Å². The van der Waals surface area contributed by atoms with Crippen molar-refractivity contribution in [1.82, 2.24) is 20.5 Å². The zero-order valence-corrected chi connectivity index (χ0v) is 24.2. The van der Waals surface area contributed by atoms with Gasteiger partial charge in [-0.25, -0.2) is 4.79 Å². The zero-order valence-electron chi connectivity index (χ0n) is 24.2. The molecule has 0 saturated carbocycles. The van der Waals surface area contributed by atoms with Crippen LogP contribution in [0.1, 0.15) is 39.7 Å². The highest BCUT2D eigenvalue weighted by Crippen LogP contribution is 2.15. The van der Waals surface area contributed by atoms with Crippen molar-refractivity contribution in [1.29, 1.82) is 0 Å². The minimum Gasteiger partial charge on any atom is -0.494 e. The molecule has 4 amide bonds. The predicted molar refractivity (Wildman–Crippen MR) is 165 cm³/mol. The van der Waals surface area contributed by atoms with E-state index in [2.05, 4.69) is 15.6 Å². The molecule has 9 heteroatoms. The van der Waals surface area contributed by atoms with Gasteiger partial charge in [0.2, 0.25) is 0 Å². The molecular weight excluding hydrogens is 542 g/mol. The van der Waals surface area contributed by atoms with Crippen LogP contribution < -0.4 is 21.1 Å². The van der Waals surface area contributed by atoms with Gasteiger partial charge in [-0.3, -0.25) is 19.5 Å². The van der Waals surface area contributed by atoms with Crippen LogP contribution in [0.15, 0.2) is 103 Å². The van der Waals surface area contributed by atoms with E-state index in [-0.39, 0.29) is 25.2 Å². The highest BCUT2D eigenvalue weighted by atomic mass is 16.5. The monoisotopic (exact) mass is 579 g/mol. The smallest absolute Gasteiger partial charge is 0.324 e. The van der Waals surface area contributed by atoms with Crippen molar-refractivity contribution in [2.24, 2.45) is 5.73 Å². The number of urea groups is 1. The number of rotatable bonds is 13. The second kappa shape index (κ2) is 15.8. The van der Waals surface area contributed by atoms with Crippen LogP contribution in [0.25, 0.3) is 0 Å². The molecular formula is C34H37N5O4. The van der Waals surface area contributed by atoms with Gasteiger partial charge in [0.1, 0.15) is 17.5 Å². The molecule has 4 aromatic rings. The first-order chi connectivity index (χ1) is 21.0. The summed E-state index contributed by atoms with van der Waals surface area (Å²) in [7, 11) is 0. The van der Waals surface area contributed by atoms with Crippen LogP contribution in [0.4, 0.5) is 4.79 Å². The highest BCUT2D eigenvalue weighted by Gasteiger charge is 2.31. The number of amides is 4. The van der Waals surface area contributed by atoms with E-state index in [0.29, 0.717) is 25.3 Å². The van der Waals surface area contributed by atoms with Crippen LogP contribution in [0.2, 0.25) is 0 Å². The van der Waals surface area contributed by atoms with E-state index in [4.69, 9.17) is 10.5 Å². The van der Waals surface area contributed by atoms with Gasteiger partial charge < -0.3 is 21.1 Å². The third-order valence-electron chi connectivity index (χ3n) is 6.86. The first-order valence-electron chi connectivity index (χ1n) is 14.3. The quantitative estimate of drug-likeness (QED) is 0.217. The Labute approximate surface area is 252 Å². The number of ether oxygens (including phenoxy) is 1. The predicted octanol–water partition coefficient (Wildman–Crippen LogP) is 4.26. The van der Waals surface area contributed by atoms with Crippen LogP contribution in [-0.4, -0.2) is 46.9 Å². The normalized spacial score (nSPS) is 11.3. The summed E-state index contributed by atoms with van der Waals surface area (Å²) >= 11 is 0. The maximum Gasteiger partial charge on any atom is 0.324 e. The second-order valence-electron chi connectivity index (χ2n) is 9.93. The first kappa shape index (κ1) is 30.9. The van der Waals surface area contributed by atoms with E-state index in [1.165, 1.54) is 11.1 Å². The summed E-state index contributed by atoms with van der Waals surface area (Å²) in [5.74, 6) is -0.326. The van der Waals surface area contributed by atoms with E-state index in [1.807, 2.05) is 85.8 Å². The minimum absolute atomic E-state index is 0.125. The maximum absolute atomic E-state index is 14.1. The van der Waals surface area contributed by atoms with E-state index in [1.54, 1.807) is 18.2 Å². The van der Waals surface area contributed by atoms with E-state index in [0.717, 1.165) is 22.3 Å².